The van der Waals surface area contributed by atoms with Gasteiger partial charge in [0.1, 0.15) is 5.76 Å². The van der Waals surface area contributed by atoms with Gasteiger partial charge in [0.2, 0.25) is 0 Å². The summed E-state index contributed by atoms with van der Waals surface area (Å²) in [5.41, 5.74) is 1.28. The van der Waals surface area contributed by atoms with Crippen LogP contribution in [0.2, 0.25) is 0 Å². The molecule has 0 radical (unpaired) electrons. The van der Waals surface area contributed by atoms with Crippen LogP contribution < -0.4 is 5.32 Å². The molecular weight excluding hydrogens is 252 g/mol. The molecule has 0 saturated carbocycles. The number of rotatable bonds is 3. The smallest absolute Gasteiger partial charge is 0.254 e. The highest BCUT2D eigenvalue weighted by Crippen LogP contribution is 2.18. The second-order valence-electron chi connectivity index (χ2n) is 4.59. The van der Waals surface area contributed by atoms with Crippen LogP contribution in [0.25, 0.3) is 10.9 Å². The van der Waals surface area contributed by atoms with E-state index in [-0.39, 0.29) is 11.9 Å². The largest absolute Gasteiger partial charge is 0.467 e. The van der Waals surface area contributed by atoms with Gasteiger partial charge in [0.05, 0.1) is 23.4 Å². The molecule has 4 nitrogen and oxygen atoms in total. The molecule has 1 unspecified atom stereocenters. The van der Waals surface area contributed by atoms with E-state index in [1.54, 1.807) is 24.6 Å². The first-order valence-corrected chi connectivity index (χ1v) is 6.44. The van der Waals surface area contributed by atoms with Gasteiger partial charge in [-0.25, -0.2) is 0 Å². The van der Waals surface area contributed by atoms with E-state index < -0.39 is 0 Å². The molecule has 1 amide bonds. The average Bonchev–Trinajstić information content (AvgIpc) is 3.01. The first-order valence-electron chi connectivity index (χ1n) is 6.44. The number of fused-ring (bicyclic) bond motifs is 1. The molecule has 3 aromatic rings. The van der Waals surface area contributed by atoms with E-state index in [9.17, 15) is 4.79 Å². The van der Waals surface area contributed by atoms with Gasteiger partial charge in [0.25, 0.3) is 5.91 Å². The lowest BCUT2D eigenvalue weighted by Gasteiger charge is -2.12. The fraction of sp³-hybridized carbons (Fsp3) is 0.125. The van der Waals surface area contributed by atoms with Crippen LogP contribution in [0.4, 0.5) is 0 Å². The normalized spacial score (nSPS) is 12.2. The maximum Gasteiger partial charge on any atom is 0.254 e. The topological polar surface area (TPSA) is 55.1 Å². The van der Waals surface area contributed by atoms with Crippen molar-refractivity contribution >= 4 is 16.8 Å². The Hall–Kier alpha value is -2.62. The first-order chi connectivity index (χ1) is 9.75. The van der Waals surface area contributed by atoms with Gasteiger partial charge in [0, 0.05) is 11.6 Å². The van der Waals surface area contributed by atoms with Crippen LogP contribution in [0.1, 0.15) is 29.1 Å². The van der Waals surface area contributed by atoms with Crippen LogP contribution in [-0.4, -0.2) is 10.9 Å². The predicted octanol–water partition coefficient (Wildman–Crippen LogP) is 3.32. The van der Waals surface area contributed by atoms with E-state index in [0.29, 0.717) is 11.1 Å². The summed E-state index contributed by atoms with van der Waals surface area (Å²) in [5, 5.41) is 3.87. The average molecular weight is 266 g/mol. The number of aromatic nitrogens is 1. The van der Waals surface area contributed by atoms with Crippen molar-refractivity contribution in [1.29, 1.82) is 0 Å². The number of amides is 1. The maximum atomic E-state index is 12.4. The van der Waals surface area contributed by atoms with Crippen LogP contribution in [0, 0.1) is 0 Å². The number of carbonyl (C=O) groups is 1. The number of hydrogen-bond acceptors (Lipinski definition) is 3. The van der Waals surface area contributed by atoms with Crippen molar-refractivity contribution in [3.05, 3.63) is 66.2 Å². The summed E-state index contributed by atoms with van der Waals surface area (Å²) in [6.07, 6.45) is 3.28. The SMILES string of the molecule is CC(NC(=O)c1cccc2cccnc12)c1ccco1. The minimum absolute atomic E-state index is 0.154. The molecule has 2 heterocycles. The third kappa shape index (κ3) is 2.28. The molecule has 4 heteroatoms. The highest BCUT2D eigenvalue weighted by atomic mass is 16.3. The van der Waals surface area contributed by atoms with Crippen molar-refractivity contribution in [2.24, 2.45) is 0 Å². The highest BCUT2D eigenvalue weighted by Gasteiger charge is 2.15. The van der Waals surface area contributed by atoms with Gasteiger partial charge in [-0.15, -0.1) is 0 Å². The molecule has 0 spiro atoms. The molecular formula is C16H14N2O2. The van der Waals surface area contributed by atoms with Gasteiger partial charge in [0.15, 0.2) is 0 Å². The summed E-state index contributed by atoms with van der Waals surface area (Å²) in [7, 11) is 0. The quantitative estimate of drug-likeness (QED) is 0.791. The van der Waals surface area contributed by atoms with Gasteiger partial charge in [-0.2, -0.15) is 0 Å². The molecule has 100 valence electrons. The molecule has 0 bridgehead atoms. The zero-order chi connectivity index (χ0) is 13.9. The Labute approximate surface area is 116 Å². The molecule has 1 aromatic carbocycles. The molecule has 0 aliphatic heterocycles. The standard InChI is InChI=1S/C16H14N2O2/c1-11(14-8-4-10-20-14)18-16(19)13-7-2-5-12-6-3-9-17-15(12)13/h2-11H,1H3,(H,18,19). The second kappa shape index (κ2) is 5.17. The van der Waals surface area contributed by atoms with E-state index in [2.05, 4.69) is 10.3 Å². The zero-order valence-electron chi connectivity index (χ0n) is 11.0. The number of hydrogen-bond donors (Lipinski definition) is 1. The van der Waals surface area contributed by atoms with Gasteiger partial charge in [-0.3, -0.25) is 9.78 Å². The van der Waals surface area contributed by atoms with Crippen molar-refractivity contribution < 1.29 is 9.21 Å². The summed E-state index contributed by atoms with van der Waals surface area (Å²) in [6, 6.07) is 12.8. The lowest BCUT2D eigenvalue weighted by molar-refractivity contribution is 0.0937. The number of nitrogens with one attached hydrogen (secondary N) is 1. The lowest BCUT2D eigenvalue weighted by atomic mass is 10.1. The minimum atomic E-state index is -0.184. The molecule has 0 fully saturated rings. The predicted molar refractivity (Wildman–Crippen MR) is 76.3 cm³/mol. The van der Waals surface area contributed by atoms with E-state index in [1.165, 1.54) is 0 Å². The van der Waals surface area contributed by atoms with Gasteiger partial charge < -0.3 is 9.73 Å². The fourth-order valence-corrected chi connectivity index (χ4v) is 2.17. The molecule has 20 heavy (non-hydrogen) atoms. The van der Waals surface area contributed by atoms with Crippen LogP contribution in [0.15, 0.2) is 59.3 Å². The third-order valence-corrected chi connectivity index (χ3v) is 3.19. The zero-order valence-corrected chi connectivity index (χ0v) is 11.0. The monoisotopic (exact) mass is 266 g/mol. The highest BCUT2D eigenvalue weighted by molar-refractivity contribution is 6.05. The second-order valence-corrected chi connectivity index (χ2v) is 4.59. The Morgan fingerprint density at radius 1 is 1.20 bits per heavy atom. The van der Waals surface area contributed by atoms with Crippen molar-refractivity contribution in [2.75, 3.05) is 0 Å². The summed E-state index contributed by atoms with van der Waals surface area (Å²) >= 11 is 0. The summed E-state index contributed by atoms with van der Waals surface area (Å²) in [5.74, 6) is 0.574. The fourth-order valence-electron chi connectivity index (χ4n) is 2.17. The van der Waals surface area contributed by atoms with Crippen molar-refractivity contribution in [3.8, 4) is 0 Å². The number of benzene rings is 1. The summed E-state index contributed by atoms with van der Waals surface area (Å²) in [6.45, 7) is 1.88. The van der Waals surface area contributed by atoms with Crippen LogP contribution >= 0.6 is 0 Å². The maximum absolute atomic E-state index is 12.4. The molecule has 0 aliphatic carbocycles. The minimum Gasteiger partial charge on any atom is -0.467 e. The molecule has 0 saturated heterocycles. The first kappa shape index (κ1) is 12.4. The number of carbonyl (C=O) groups excluding carboxylic acids is 1. The molecule has 1 N–H and O–H groups in total. The Balaban J connectivity index is 1.89. The number of para-hydroxylation sites is 1. The number of nitrogens with zero attached hydrogens (tertiary/aromatic N) is 1. The third-order valence-electron chi connectivity index (χ3n) is 3.19. The number of pyridine rings is 1. The van der Waals surface area contributed by atoms with Gasteiger partial charge >= 0.3 is 0 Å². The molecule has 1 atom stereocenters. The van der Waals surface area contributed by atoms with Crippen molar-refractivity contribution in [3.63, 3.8) is 0 Å². The van der Waals surface area contributed by atoms with E-state index in [4.69, 9.17) is 4.42 Å². The lowest BCUT2D eigenvalue weighted by Crippen LogP contribution is -2.26. The van der Waals surface area contributed by atoms with E-state index in [0.717, 1.165) is 11.1 Å². The van der Waals surface area contributed by atoms with E-state index in [1.807, 2.05) is 37.3 Å². The summed E-state index contributed by atoms with van der Waals surface area (Å²) < 4.78 is 5.29. The van der Waals surface area contributed by atoms with Crippen molar-refractivity contribution in [1.82, 2.24) is 10.3 Å². The Morgan fingerprint density at radius 2 is 2.05 bits per heavy atom. The molecule has 2 aromatic heterocycles. The molecule has 3 rings (SSSR count). The van der Waals surface area contributed by atoms with Crippen LogP contribution in [0.3, 0.4) is 0 Å². The Kier molecular flexibility index (Phi) is 3.21. The van der Waals surface area contributed by atoms with Crippen molar-refractivity contribution in [2.45, 2.75) is 13.0 Å². The van der Waals surface area contributed by atoms with E-state index >= 15 is 0 Å². The van der Waals surface area contributed by atoms with Crippen LogP contribution in [-0.2, 0) is 0 Å². The van der Waals surface area contributed by atoms with Crippen LogP contribution in [0.5, 0.6) is 0 Å². The summed E-state index contributed by atoms with van der Waals surface area (Å²) in [4.78, 5) is 16.7. The Bertz CT molecular complexity index is 730. The molecule has 0 aliphatic rings. The number of furan rings is 1. The van der Waals surface area contributed by atoms with Gasteiger partial charge in [-0.05, 0) is 31.2 Å². The Morgan fingerprint density at radius 3 is 2.85 bits per heavy atom. The van der Waals surface area contributed by atoms with Gasteiger partial charge in [-0.1, -0.05) is 18.2 Å².